The Balaban J connectivity index is 1.23. The van der Waals surface area contributed by atoms with Crippen LogP contribution in [0.25, 0.3) is 0 Å². The van der Waals surface area contributed by atoms with E-state index in [9.17, 15) is 4.79 Å². The van der Waals surface area contributed by atoms with E-state index < -0.39 is 0 Å². The molecule has 5 rings (SSSR count). The fourth-order valence-electron chi connectivity index (χ4n) is 4.64. The molecule has 6 nitrogen and oxygen atoms in total. The summed E-state index contributed by atoms with van der Waals surface area (Å²) < 4.78 is 5.63. The van der Waals surface area contributed by atoms with Gasteiger partial charge in [-0.15, -0.1) is 0 Å². The van der Waals surface area contributed by atoms with E-state index in [1.54, 1.807) is 12.4 Å². The van der Waals surface area contributed by atoms with Crippen molar-refractivity contribution in [3.63, 3.8) is 0 Å². The Labute approximate surface area is 169 Å². The molecule has 2 aliphatic heterocycles. The van der Waals surface area contributed by atoms with Crippen LogP contribution < -0.4 is 5.32 Å². The highest BCUT2D eigenvalue weighted by atomic mass is 35.5. The number of fused-ring (bicyclic) bond motifs is 1. The number of hydrogen-bond donors (Lipinski definition) is 1. The number of hydrogen-bond acceptors (Lipinski definition) is 5. The molecule has 2 atom stereocenters. The Kier molecular flexibility index (Phi) is 4.48. The van der Waals surface area contributed by atoms with Crippen LogP contribution in [0.2, 0.25) is 5.02 Å². The van der Waals surface area contributed by atoms with Gasteiger partial charge in [0.15, 0.2) is 0 Å². The third-order valence-electron chi connectivity index (χ3n) is 6.25. The quantitative estimate of drug-likeness (QED) is 0.860. The zero-order chi connectivity index (χ0) is 19.1. The van der Waals surface area contributed by atoms with Gasteiger partial charge in [-0.25, -0.2) is 9.97 Å². The first kappa shape index (κ1) is 17.9. The van der Waals surface area contributed by atoms with Gasteiger partial charge in [0.1, 0.15) is 0 Å². The highest BCUT2D eigenvalue weighted by Gasteiger charge is 2.48. The first-order valence-electron chi connectivity index (χ1n) is 9.89. The molecule has 3 heterocycles. The number of halogens is 1. The van der Waals surface area contributed by atoms with E-state index in [4.69, 9.17) is 16.3 Å². The summed E-state index contributed by atoms with van der Waals surface area (Å²) in [6, 6.07) is 6.28. The Bertz CT molecular complexity index is 896. The average molecular weight is 399 g/mol. The summed E-state index contributed by atoms with van der Waals surface area (Å²) in [7, 11) is 0. The summed E-state index contributed by atoms with van der Waals surface area (Å²) in [5, 5.41) is 4.15. The fraction of sp³-hybridized carbons (Fsp3) is 0.476. The highest BCUT2D eigenvalue weighted by Crippen LogP contribution is 2.38. The van der Waals surface area contributed by atoms with Crippen molar-refractivity contribution < 1.29 is 9.53 Å². The second kappa shape index (κ2) is 7.01. The number of ether oxygens (including phenoxy) is 1. The van der Waals surface area contributed by atoms with Crippen LogP contribution in [-0.2, 0) is 17.6 Å². The summed E-state index contributed by atoms with van der Waals surface area (Å²) in [6.07, 6.45) is 8.14. The summed E-state index contributed by atoms with van der Waals surface area (Å²) in [6.45, 7) is 2.22. The van der Waals surface area contributed by atoms with Crippen molar-refractivity contribution in [2.45, 2.75) is 43.7 Å². The van der Waals surface area contributed by atoms with Gasteiger partial charge in [0.2, 0.25) is 5.95 Å². The van der Waals surface area contributed by atoms with Gasteiger partial charge in [0.05, 0.1) is 17.7 Å². The number of benzene rings is 1. The number of rotatable bonds is 3. The molecular formula is C21H23ClN4O2. The molecule has 1 aromatic carbocycles. The number of carbonyl (C=O) groups excluding carboxylic acids is 1. The van der Waals surface area contributed by atoms with Crippen LogP contribution in [0.1, 0.15) is 40.7 Å². The molecule has 2 aromatic rings. The van der Waals surface area contributed by atoms with E-state index in [0.29, 0.717) is 18.1 Å². The number of likely N-dealkylation sites (tertiary alicyclic amines) is 1. The van der Waals surface area contributed by atoms with E-state index in [2.05, 4.69) is 21.4 Å². The van der Waals surface area contributed by atoms with Gasteiger partial charge < -0.3 is 15.0 Å². The summed E-state index contributed by atoms with van der Waals surface area (Å²) in [4.78, 5) is 23.6. The van der Waals surface area contributed by atoms with Crippen molar-refractivity contribution in [1.29, 1.82) is 0 Å². The van der Waals surface area contributed by atoms with Crippen LogP contribution in [0.4, 0.5) is 5.95 Å². The van der Waals surface area contributed by atoms with Crippen molar-refractivity contribution in [3.05, 3.63) is 52.3 Å². The Morgan fingerprint density at radius 2 is 2.04 bits per heavy atom. The fourth-order valence-corrected chi connectivity index (χ4v) is 4.84. The van der Waals surface area contributed by atoms with Gasteiger partial charge >= 0.3 is 0 Å². The van der Waals surface area contributed by atoms with Crippen LogP contribution in [0.5, 0.6) is 0 Å². The predicted molar refractivity (Wildman–Crippen MR) is 107 cm³/mol. The van der Waals surface area contributed by atoms with Crippen LogP contribution in [-0.4, -0.2) is 52.1 Å². The first-order valence-corrected chi connectivity index (χ1v) is 10.3. The maximum atomic E-state index is 12.9. The van der Waals surface area contributed by atoms with Gasteiger partial charge in [0, 0.05) is 36.6 Å². The SMILES string of the molecule is O=C(c1cnc(NC2Cc3ccc(Cl)cc3C2)nc1)N1CCC12CCCOC2. The molecule has 1 aliphatic carbocycles. The number of nitrogens with one attached hydrogen (secondary N) is 1. The second-order valence-electron chi connectivity index (χ2n) is 8.05. The molecule has 28 heavy (non-hydrogen) atoms. The minimum atomic E-state index is -0.108. The van der Waals surface area contributed by atoms with Crippen molar-refractivity contribution >= 4 is 23.5 Å². The number of anilines is 1. The molecule has 3 aliphatic rings. The Morgan fingerprint density at radius 3 is 2.75 bits per heavy atom. The zero-order valence-electron chi connectivity index (χ0n) is 15.7. The van der Waals surface area contributed by atoms with E-state index in [-0.39, 0.29) is 17.5 Å². The normalized spacial score (nSPS) is 26.0. The van der Waals surface area contributed by atoms with Crippen LogP contribution in [0.15, 0.2) is 30.6 Å². The largest absolute Gasteiger partial charge is 0.379 e. The number of carbonyl (C=O) groups is 1. The van der Waals surface area contributed by atoms with Gasteiger partial charge in [0.25, 0.3) is 5.91 Å². The van der Waals surface area contributed by atoms with Crippen molar-refractivity contribution in [1.82, 2.24) is 14.9 Å². The maximum Gasteiger partial charge on any atom is 0.257 e. The molecule has 2 unspecified atom stereocenters. The lowest BCUT2D eigenvalue weighted by molar-refractivity contribution is -0.0882. The van der Waals surface area contributed by atoms with E-state index in [0.717, 1.165) is 50.3 Å². The predicted octanol–water partition coefficient (Wildman–Crippen LogP) is 3.10. The summed E-state index contributed by atoms with van der Waals surface area (Å²) in [5.74, 6) is 0.561. The van der Waals surface area contributed by atoms with Gasteiger partial charge in [-0.1, -0.05) is 17.7 Å². The first-order chi connectivity index (χ1) is 13.6. The lowest BCUT2D eigenvalue weighted by Crippen LogP contribution is -2.65. The van der Waals surface area contributed by atoms with Crippen LogP contribution in [0, 0.1) is 0 Å². The van der Waals surface area contributed by atoms with Crippen LogP contribution in [0.3, 0.4) is 0 Å². The van der Waals surface area contributed by atoms with Crippen molar-refractivity contribution in [3.8, 4) is 0 Å². The molecule has 7 heteroatoms. The molecule has 146 valence electrons. The molecule has 2 fully saturated rings. The molecule has 0 bridgehead atoms. The second-order valence-corrected chi connectivity index (χ2v) is 8.48. The summed E-state index contributed by atoms with van der Waals surface area (Å²) in [5.41, 5.74) is 3.01. The monoisotopic (exact) mass is 398 g/mol. The topological polar surface area (TPSA) is 67.4 Å². The lowest BCUT2D eigenvalue weighted by atomic mass is 9.79. The molecule has 1 aromatic heterocycles. The third kappa shape index (κ3) is 3.14. The molecule has 1 amide bonds. The molecule has 2 saturated heterocycles. The molecule has 0 saturated carbocycles. The van der Waals surface area contributed by atoms with E-state index in [1.807, 2.05) is 17.0 Å². The molecule has 0 radical (unpaired) electrons. The van der Waals surface area contributed by atoms with E-state index >= 15 is 0 Å². The average Bonchev–Trinajstić information content (AvgIpc) is 3.09. The molecule has 1 spiro atoms. The Morgan fingerprint density at radius 1 is 1.21 bits per heavy atom. The minimum Gasteiger partial charge on any atom is -0.379 e. The number of amides is 1. The van der Waals surface area contributed by atoms with Crippen molar-refractivity contribution in [2.24, 2.45) is 0 Å². The van der Waals surface area contributed by atoms with Gasteiger partial charge in [-0.3, -0.25) is 4.79 Å². The molecule has 1 N–H and O–H groups in total. The minimum absolute atomic E-state index is 0.00575. The van der Waals surface area contributed by atoms with E-state index in [1.165, 1.54) is 11.1 Å². The number of aromatic nitrogens is 2. The standard InChI is InChI=1S/C21H23ClN4O2/c22-17-3-2-14-9-18(10-15(14)8-17)25-20-23-11-16(12-24-20)19(27)26-6-5-21(26)4-1-7-28-13-21/h2-3,8,11-12,18H,1,4-7,9-10,13H2,(H,23,24,25). The molecular weight excluding hydrogens is 376 g/mol. The van der Waals surface area contributed by atoms with Gasteiger partial charge in [-0.2, -0.15) is 0 Å². The maximum absolute atomic E-state index is 12.9. The smallest absolute Gasteiger partial charge is 0.257 e. The van der Waals surface area contributed by atoms with Gasteiger partial charge in [-0.05, 0) is 55.4 Å². The lowest BCUT2D eigenvalue weighted by Gasteiger charge is -2.54. The third-order valence-corrected chi connectivity index (χ3v) is 6.49. The Hall–Kier alpha value is -2.18. The number of nitrogens with zero attached hydrogens (tertiary/aromatic N) is 3. The summed E-state index contributed by atoms with van der Waals surface area (Å²) >= 11 is 6.09. The van der Waals surface area contributed by atoms with Crippen molar-refractivity contribution in [2.75, 3.05) is 25.1 Å². The van der Waals surface area contributed by atoms with Crippen LogP contribution >= 0.6 is 11.6 Å². The zero-order valence-corrected chi connectivity index (χ0v) is 16.4. The highest BCUT2D eigenvalue weighted by molar-refractivity contribution is 6.30.